The van der Waals surface area contributed by atoms with E-state index in [-0.39, 0.29) is 11.3 Å². The van der Waals surface area contributed by atoms with Crippen LogP contribution in [0.3, 0.4) is 0 Å². The number of benzene rings is 1. The molecule has 1 aromatic rings. The third-order valence-corrected chi connectivity index (χ3v) is 5.20. The van der Waals surface area contributed by atoms with Gasteiger partial charge in [0.25, 0.3) is 0 Å². The van der Waals surface area contributed by atoms with Crippen LogP contribution in [0.4, 0.5) is 0 Å². The first-order valence-corrected chi connectivity index (χ1v) is 7.86. The van der Waals surface area contributed by atoms with E-state index in [0.29, 0.717) is 19.8 Å². The molecule has 1 amide bonds. The Hall–Kier alpha value is -1.71. The summed E-state index contributed by atoms with van der Waals surface area (Å²) < 4.78 is 11.5. The van der Waals surface area contributed by atoms with Crippen LogP contribution in [0.1, 0.15) is 43.7 Å². The average molecular weight is 287 g/mol. The van der Waals surface area contributed by atoms with Gasteiger partial charge in [-0.15, -0.1) is 0 Å². The van der Waals surface area contributed by atoms with Crippen molar-refractivity contribution in [2.45, 2.75) is 44.6 Å². The minimum Gasteiger partial charge on any atom is -0.486 e. The topological polar surface area (TPSA) is 38.8 Å². The molecule has 4 heteroatoms. The molecule has 0 radical (unpaired) electrons. The summed E-state index contributed by atoms with van der Waals surface area (Å²) in [5, 5.41) is 0. The van der Waals surface area contributed by atoms with Crippen LogP contribution in [0.5, 0.6) is 11.5 Å². The highest BCUT2D eigenvalue weighted by atomic mass is 16.6. The molecule has 0 bridgehead atoms. The lowest BCUT2D eigenvalue weighted by Gasteiger charge is -2.42. The number of rotatable bonds is 0. The van der Waals surface area contributed by atoms with Crippen LogP contribution in [-0.4, -0.2) is 30.6 Å². The predicted octanol–water partition coefficient (Wildman–Crippen LogP) is 2.63. The van der Waals surface area contributed by atoms with Gasteiger partial charge in [0.2, 0.25) is 5.91 Å². The SMILES string of the molecule is CC(=O)N1Cc2cc3c(cc2C2(CCCC2)C1)OCCO3. The fourth-order valence-electron chi connectivity index (χ4n) is 4.17. The van der Waals surface area contributed by atoms with E-state index in [1.165, 1.54) is 36.8 Å². The quantitative estimate of drug-likeness (QED) is 0.736. The Morgan fingerprint density at radius 2 is 1.81 bits per heavy atom. The first kappa shape index (κ1) is 13.0. The number of hydrogen-bond acceptors (Lipinski definition) is 3. The zero-order chi connectivity index (χ0) is 14.4. The molecule has 1 aliphatic carbocycles. The Labute approximate surface area is 125 Å². The van der Waals surface area contributed by atoms with Crippen LogP contribution < -0.4 is 9.47 Å². The molecule has 4 nitrogen and oxygen atoms in total. The summed E-state index contributed by atoms with van der Waals surface area (Å²) in [6.45, 7) is 4.45. The van der Waals surface area contributed by atoms with Crippen molar-refractivity contribution in [2.24, 2.45) is 0 Å². The van der Waals surface area contributed by atoms with Crippen LogP contribution in [0, 0.1) is 0 Å². The van der Waals surface area contributed by atoms with Crippen LogP contribution in [0.2, 0.25) is 0 Å². The number of ether oxygens (including phenoxy) is 2. The van der Waals surface area contributed by atoms with Gasteiger partial charge in [-0.3, -0.25) is 4.79 Å². The Kier molecular flexibility index (Phi) is 2.88. The first-order valence-electron chi connectivity index (χ1n) is 7.86. The van der Waals surface area contributed by atoms with Gasteiger partial charge in [0.15, 0.2) is 11.5 Å². The summed E-state index contributed by atoms with van der Waals surface area (Å²) in [4.78, 5) is 13.9. The third kappa shape index (κ3) is 2.00. The lowest BCUT2D eigenvalue weighted by molar-refractivity contribution is -0.130. The Morgan fingerprint density at radius 3 is 2.48 bits per heavy atom. The molecule has 1 aromatic carbocycles. The van der Waals surface area contributed by atoms with E-state index >= 15 is 0 Å². The minimum absolute atomic E-state index is 0.134. The molecule has 0 aromatic heterocycles. The second-order valence-electron chi connectivity index (χ2n) is 6.52. The van der Waals surface area contributed by atoms with E-state index < -0.39 is 0 Å². The molecule has 0 unspecified atom stereocenters. The highest BCUT2D eigenvalue weighted by molar-refractivity contribution is 5.74. The Balaban J connectivity index is 1.83. The number of fused-ring (bicyclic) bond motifs is 3. The monoisotopic (exact) mass is 287 g/mol. The smallest absolute Gasteiger partial charge is 0.219 e. The van der Waals surface area contributed by atoms with Gasteiger partial charge < -0.3 is 14.4 Å². The maximum atomic E-state index is 11.9. The summed E-state index contributed by atoms with van der Waals surface area (Å²) >= 11 is 0. The standard InChI is InChI=1S/C17H21NO3/c1-12(19)18-10-13-8-15-16(21-7-6-20-15)9-14(13)17(11-18)4-2-3-5-17/h8-9H,2-7,10-11H2,1H3. The first-order chi connectivity index (χ1) is 10.2. The van der Waals surface area contributed by atoms with Gasteiger partial charge in [-0.1, -0.05) is 12.8 Å². The molecule has 2 aliphatic heterocycles. The summed E-state index contributed by atoms with van der Waals surface area (Å²) in [7, 11) is 0. The second kappa shape index (κ2) is 4.65. The van der Waals surface area contributed by atoms with Crippen molar-refractivity contribution in [1.82, 2.24) is 4.90 Å². The van der Waals surface area contributed by atoms with E-state index in [0.717, 1.165) is 18.0 Å². The molecule has 1 fully saturated rings. The largest absolute Gasteiger partial charge is 0.486 e. The maximum absolute atomic E-state index is 11.9. The molecule has 3 aliphatic rings. The van der Waals surface area contributed by atoms with Crippen LogP contribution in [-0.2, 0) is 16.8 Å². The highest BCUT2D eigenvalue weighted by Crippen LogP contribution is 2.49. The molecule has 112 valence electrons. The van der Waals surface area contributed by atoms with Gasteiger partial charge in [0.05, 0.1) is 0 Å². The van der Waals surface area contributed by atoms with Gasteiger partial charge in [-0.05, 0) is 36.1 Å². The molecular weight excluding hydrogens is 266 g/mol. The summed E-state index contributed by atoms with van der Waals surface area (Å²) in [6, 6.07) is 4.28. The van der Waals surface area contributed by atoms with E-state index in [1.807, 2.05) is 4.90 Å². The van der Waals surface area contributed by atoms with Crippen molar-refractivity contribution in [3.63, 3.8) is 0 Å². The zero-order valence-corrected chi connectivity index (χ0v) is 12.5. The van der Waals surface area contributed by atoms with Crippen LogP contribution in [0.15, 0.2) is 12.1 Å². The minimum atomic E-state index is 0.134. The third-order valence-electron chi connectivity index (χ3n) is 5.20. The molecule has 4 rings (SSSR count). The van der Waals surface area contributed by atoms with Gasteiger partial charge in [-0.2, -0.15) is 0 Å². The molecule has 1 saturated carbocycles. The fourth-order valence-corrected chi connectivity index (χ4v) is 4.17. The van der Waals surface area contributed by atoms with Crippen LogP contribution >= 0.6 is 0 Å². The molecule has 0 atom stereocenters. The number of nitrogens with zero attached hydrogens (tertiary/aromatic N) is 1. The van der Waals surface area contributed by atoms with Crippen molar-refractivity contribution >= 4 is 5.91 Å². The molecule has 21 heavy (non-hydrogen) atoms. The van der Waals surface area contributed by atoms with E-state index in [4.69, 9.17) is 9.47 Å². The molecule has 2 heterocycles. The van der Waals surface area contributed by atoms with Crippen molar-refractivity contribution in [3.8, 4) is 11.5 Å². The van der Waals surface area contributed by atoms with Gasteiger partial charge in [-0.25, -0.2) is 0 Å². The molecule has 0 saturated heterocycles. The van der Waals surface area contributed by atoms with Crippen LogP contribution in [0.25, 0.3) is 0 Å². The van der Waals surface area contributed by atoms with E-state index in [9.17, 15) is 4.79 Å². The second-order valence-corrected chi connectivity index (χ2v) is 6.52. The average Bonchev–Trinajstić information content (AvgIpc) is 2.94. The number of carbonyl (C=O) groups is 1. The Morgan fingerprint density at radius 1 is 1.14 bits per heavy atom. The van der Waals surface area contributed by atoms with Crippen molar-refractivity contribution in [1.29, 1.82) is 0 Å². The number of hydrogen-bond donors (Lipinski definition) is 0. The van der Waals surface area contributed by atoms with E-state index in [1.54, 1.807) is 6.92 Å². The normalized spacial score (nSPS) is 22.2. The predicted molar refractivity (Wildman–Crippen MR) is 78.7 cm³/mol. The van der Waals surface area contributed by atoms with Gasteiger partial charge >= 0.3 is 0 Å². The van der Waals surface area contributed by atoms with Gasteiger partial charge in [0.1, 0.15) is 13.2 Å². The maximum Gasteiger partial charge on any atom is 0.219 e. The molecular formula is C17H21NO3. The van der Waals surface area contributed by atoms with Crippen molar-refractivity contribution in [3.05, 3.63) is 23.3 Å². The van der Waals surface area contributed by atoms with Gasteiger partial charge in [0, 0.05) is 25.4 Å². The summed E-state index contributed by atoms with van der Waals surface area (Å²) in [5.74, 6) is 1.88. The zero-order valence-electron chi connectivity index (χ0n) is 12.5. The lowest BCUT2D eigenvalue weighted by Crippen LogP contribution is -2.46. The number of amides is 1. The van der Waals surface area contributed by atoms with Crippen molar-refractivity contribution < 1.29 is 14.3 Å². The van der Waals surface area contributed by atoms with E-state index in [2.05, 4.69) is 12.1 Å². The fraction of sp³-hybridized carbons (Fsp3) is 0.588. The summed E-state index contributed by atoms with van der Waals surface area (Å²) in [5.41, 5.74) is 2.76. The molecule has 0 N–H and O–H groups in total. The highest BCUT2D eigenvalue weighted by Gasteiger charge is 2.43. The Bertz CT molecular complexity index is 590. The lowest BCUT2D eigenvalue weighted by atomic mass is 9.73. The molecule has 1 spiro atoms. The van der Waals surface area contributed by atoms with Crippen molar-refractivity contribution in [2.75, 3.05) is 19.8 Å². The number of carbonyl (C=O) groups excluding carboxylic acids is 1. The summed E-state index contributed by atoms with van der Waals surface area (Å²) in [6.07, 6.45) is 4.84.